The van der Waals surface area contributed by atoms with Crippen molar-refractivity contribution in [2.45, 2.75) is 12.7 Å². The number of aromatic nitrogens is 5. The van der Waals surface area contributed by atoms with Gasteiger partial charge in [-0.15, -0.1) is 0 Å². The number of fused-ring (bicyclic) bond motifs is 1. The number of hydrogen-bond acceptors (Lipinski definition) is 5. The third kappa shape index (κ3) is 2.62. The standard InChI is InChI=1S/C12H9F3N6/c13-12(14,15)8-4-18-11-9(8)10(20-6-21-11)17-3-7-1-2-16-5-19-7/h1-2,4-6H,3H2,(H2,17,18,20,21). The molecule has 3 aromatic heterocycles. The minimum absolute atomic E-state index is 0.0842. The molecule has 3 heterocycles. The Morgan fingerprint density at radius 3 is 2.71 bits per heavy atom. The average Bonchev–Trinajstić information content (AvgIpc) is 2.91. The van der Waals surface area contributed by atoms with Crippen LogP contribution in [-0.2, 0) is 12.7 Å². The van der Waals surface area contributed by atoms with E-state index < -0.39 is 11.7 Å². The predicted molar refractivity (Wildman–Crippen MR) is 68.2 cm³/mol. The molecule has 0 aromatic carbocycles. The summed E-state index contributed by atoms with van der Waals surface area (Å²) in [6, 6.07) is 1.66. The largest absolute Gasteiger partial charge is 0.418 e. The van der Waals surface area contributed by atoms with E-state index in [9.17, 15) is 13.2 Å². The third-order valence-corrected chi connectivity index (χ3v) is 2.86. The summed E-state index contributed by atoms with van der Waals surface area (Å²) >= 11 is 0. The van der Waals surface area contributed by atoms with Crippen molar-refractivity contribution < 1.29 is 13.2 Å². The lowest BCUT2D eigenvalue weighted by atomic mass is 10.2. The van der Waals surface area contributed by atoms with Crippen molar-refractivity contribution in [2.75, 3.05) is 5.32 Å². The molecule has 0 unspecified atom stereocenters. The molecular weight excluding hydrogens is 285 g/mol. The lowest BCUT2D eigenvalue weighted by molar-refractivity contribution is -0.136. The molecule has 3 rings (SSSR count). The Hall–Kier alpha value is -2.71. The van der Waals surface area contributed by atoms with Crippen LogP contribution in [0.2, 0.25) is 0 Å². The molecule has 0 amide bonds. The zero-order valence-corrected chi connectivity index (χ0v) is 10.5. The average molecular weight is 294 g/mol. The van der Waals surface area contributed by atoms with E-state index >= 15 is 0 Å². The van der Waals surface area contributed by atoms with E-state index in [0.717, 1.165) is 6.20 Å². The minimum atomic E-state index is -4.48. The summed E-state index contributed by atoms with van der Waals surface area (Å²) in [7, 11) is 0. The summed E-state index contributed by atoms with van der Waals surface area (Å²) in [5.74, 6) is 0.104. The first-order chi connectivity index (χ1) is 10.1. The van der Waals surface area contributed by atoms with Crippen LogP contribution >= 0.6 is 0 Å². The van der Waals surface area contributed by atoms with Gasteiger partial charge in [0.1, 0.15) is 24.1 Å². The van der Waals surface area contributed by atoms with Crippen LogP contribution in [0, 0.1) is 0 Å². The van der Waals surface area contributed by atoms with Crippen molar-refractivity contribution in [3.8, 4) is 0 Å². The number of H-pyrrole nitrogens is 1. The van der Waals surface area contributed by atoms with Crippen molar-refractivity contribution in [1.29, 1.82) is 0 Å². The zero-order valence-electron chi connectivity index (χ0n) is 10.5. The minimum Gasteiger partial charge on any atom is -0.364 e. The molecule has 9 heteroatoms. The van der Waals surface area contributed by atoms with Gasteiger partial charge >= 0.3 is 6.18 Å². The molecule has 0 fully saturated rings. The highest BCUT2D eigenvalue weighted by Crippen LogP contribution is 2.36. The van der Waals surface area contributed by atoms with Gasteiger partial charge in [0.2, 0.25) is 0 Å². The van der Waals surface area contributed by atoms with Crippen LogP contribution in [0.1, 0.15) is 11.3 Å². The first-order valence-corrected chi connectivity index (χ1v) is 5.94. The van der Waals surface area contributed by atoms with Gasteiger partial charge in [-0.05, 0) is 6.07 Å². The summed E-state index contributed by atoms with van der Waals surface area (Å²) in [5.41, 5.74) is -0.0355. The fourth-order valence-corrected chi connectivity index (χ4v) is 1.92. The van der Waals surface area contributed by atoms with Crippen LogP contribution < -0.4 is 5.32 Å². The number of aromatic amines is 1. The van der Waals surface area contributed by atoms with E-state index in [1.54, 1.807) is 12.3 Å². The highest BCUT2D eigenvalue weighted by Gasteiger charge is 2.35. The molecule has 21 heavy (non-hydrogen) atoms. The van der Waals surface area contributed by atoms with Crippen LogP contribution in [0.25, 0.3) is 11.0 Å². The highest BCUT2D eigenvalue weighted by atomic mass is 19.4. The second kappa shape index (κ2) is 5.00. The number of rotatable bonds is 3. The Morgan fingerprint density at radius 2 is 2.00 bits per heavy atom. The Kier molecular flexibility index (Phi) is 3.16. The van der Waals surface area contributed by atoms with Crippen LogP contribution in [0.5, 0.6) is 0 Å². The molecule has 108 valence electrons. The molecule has 0 atom stereocenters. The van der Waals surface area contributed by atoms with Crippen molar-refractivity contribution in [3.05, 3.63) is 42.4 Å². The van der Waals surface area contributed by atoms with E-state index in [-0.39, 0.29) is 23.4 Å². The smallest absolute Gasteiger partial charge is 0.364 e. The molecular formula is C12H9F3N6. The first kappa shape index (κ1) is 13.3. The van der Waals surface area contributed by atoms with E-state index in [4.69, 9.17) is 0 Å². The van der Waals surface area contributed by atoms with Crippen molar-refractivity contribution in [2.24, 2.45) is 0 Å². The Morgan fingerprint density at radius 1 is 1.14 bits per heavy atom. The maximum absolute atomic E-state index is 13.0. The number of hydrogen-bond donors (Lipinski definition) is 2. The lowest BCUT2D eigenvalue weighted by Gasteiger charge is -2.09. The van der Waals surface area contributed by atoms with E-state index in [1.807, 2.05) is 0 Å². The summed E-state index contributed by atoms with van der Waals surface area (Å²) in [6.07, 6.45) is 0.520. The SMILES string of the molecule is FC(F)(F)c1c[nH]c2ncnc(NCc3ccncn3)c12. The maximum atomic E-state index is 13.0. The van der Waals surface area contributed by atoms with Crippen LogP contribution in [0.3, 0.4) is 0 Å². The predicted octanol–water partition coefficient (Wildman–Crippen LogP) is 2.38. The normalized spacial score (nSPS) is 11.8. The molecule has 2 N–H and O–H groups in total. The molecule has 0 aliphatic carbocycles. The van der Waals surface area contributed by atoms with Gasteiger partial charge in [-0.25, -0.2) is 19.9 Å². The van der Waals surface area contributed by atoms with Crippen LogP contribution in [0.15, 0.2) is 31.1 Å². The second-order valence-electron chi connectivity index (χ2n) is 4.20. The molecule has 0 spiro atoms. The number of nitrogens with zero attached hydrogens (tertiary/aromatic N) is 4. The number of halogens is 3. The van der Waals surface area contributed by atoms with E-state index in [0.29, 0.717) is 5.69 Å². The fraction of sp³-hybridized carbons (Fsp3) is 0.167. The van der Waals surface area contributed by atoms with Gasteiger partial charge in [0.05, 0.1) is 23.2 Å². The maximum Gasteiger partial charge on any atom is 0.418 e. The Bertz CT molecular complexity index is 753. The van der Waals surface area contributed by atoms with Crippen molar-refractivity contribution in [1.82, 2.24) is 24.9 Å². The van der Waals surface area contributed by atoms with Crippen molar-refractivity contribution >= 4 is 16.9 Å². The number of anilines is 1. The van der Waals surface area contributed by atoms with Crippen LogP contribution in [0.4, 0.5) is 19.0 Å². The Labute approximate surface area is 116 Å². The van der Waals surface area contributed by atoms with Gasteiger partial charge in [0, 0.05) is 12.4 Å². The number of nitrogens with one attached hydrogen (secondary N) is 2. The van der Waals surface area contributed by atoms with Crippen LogP contribution in [-0.4, -0.2) is 24.9 Å². The fourth-order valence-electron chi connectivity index (χ4n) is 1.92. The lowest BCUT2D eigenvalue weighted by Crippen LogP contribution is -2.08. The summed E-state index contributed by atoms with van der Waals surface area (Å²) in [5, 5.41) is 2.76. The molecule has 3 aromatic rings. The molecule has 0 bridgehead atoms. The Balaban J connectivity index is 1.97. The van der Waals surface area contributed by atoms with Gasteiger partial charge in [-0.2, -0.15) is 13.2 Å². The summed E-state index contributed by atoms with van der Waals surface area (Å²) < 4.78 is 38.9. The summed E-state index contributed by atoms with van der Waals surface area (Å²) in [6.45, 7) is 0.233. The quantitative estimate of drug-likeness (QED) is 0.775. The number of alkyl halides is 3. The van der Waals surface area contributed by atoms with Crippen molar-refractivity contribution in [3.63, 3.8) is 0 Å². The molecule has 0 aliphatic heterocycles. The third-order valence-electron chi connectivity index (χ3n) is 2.86. The van der Waals surface area contributed by atoms with Gasteiger partial charge in [-0.3, -0.25) is 0 Å². The topological polar surface area (TPSA) is 79.4 Å². The van der Waals surface area contributed by atoms with E-state index in [1.165, 1.54) is 12.7 Å². The van der Waals surface area contributed by atoms with Gasteiger partial charge in [0.25, 0.3) is 0 Å². The van der Waals surface area contributed by atoms with E-state index in [2.05, 4.69) is 30.2 Å². The zero-order chi connectivity index (χ0) is 14.9. The highest BCUT2D eigenvalue weighted by molar-refractivity contribution is 5.90. The first-order valence-electron chi connectivity index (χ1n) is 5.94. The molecule has 0 saturated carbocycles. The molecule has 0 aliphatic rings. The van der Waals surface area contributed by atoms with Gasteiger partial charge in [-0.1, -0.05) is 0 Å². The van der Waals surface area contributed by atoms with Gasteiger partial charge in [0.15, 0.2) is 0 Å². The second-order valence-corrected chi connectivity index (χ2v) is 4.20. The molecule has 0 radical (unpaired) electrons. The monoisotopic (exact) mass is 294 g/mol. The van der Waals surface area contributed by atoms with Gasteiger partial charge < -0.3 is 10.3 Å². The summed E-state index contributed by atoms with van der Waals surface area (Å²) in [4.78, 5) is 17.9. The molecule has 6 nitrogen and oxygen atoms in total. The molecule has 0 saturated heterocycles.